The Bertz CT molecular complexity index is 785. The lowest BCUT2D eigenvalue weighted by Gasteiger charge is -2.30. The minimum Gasteiger partial charge on any atom is -0.442 e. The number of amides is 4. The summed E-state index contributed by atoms with van der Waals surface area (Å²) < 4.78 is 5.28. The van der Waals surface area contributed by atoms with Crippen molar-refractivity contribution in [1.82, 2.24) is 25.7 Å². The second-order valence-electron chi connectivity index (χ2n) is 9.21. The van der Waals surface area contributed by atoms with E-state index in [1.165, 1.54) is 18.6 Å². The number of carbonyl (C=O) groups is 4. The molecule has 0 spiro atoms. The van der Waals surface area contributed by atoms with Crippen LogP contribution < -0.4 is 16.5 Å². The molecule has 0 unspecified atom stereocenters. The van der Waals surface area contributed by atoms with Crippen molar-refractivity contribution in [2.75, 3.05) is 6.54 Å². The van der Waals surface area contributed by atoms with Gasteiger partial charge in [-0.1, -0.05) is 20.8 Å². The Labute approximate surface area is 182 Å². The molecule has 0 aromatic carbocycles. The Balaban J connectivity index is 3.03. The molecule has 4 N–H and O–H groups in total. The summed E-state index contributed by atoms with van der Waals surface area (Å²) in [4.78, 5) is 56.9. The van der Waals surface area contributed by atoms with Crippen LogP contribution in [-0.2, 0) is 14.3 Å². The van der Waals surface area contributed by atoms with Crippen molar-refractivity contribution in [2.45, 2.75) is 66.0 Å². The summed E-state index contributed by atoms with van der Waals surface area (Å²) in [5, 5.41) is 3.50. The number of nitrogens with zero attached hydrogens (tertiary/aromatic N) is 3. The predicted molar refractivity (Wildman–Crippen MR) is 112 cm³/mol. The van der Waals surface area contributed by atoms with Crippen LogP contribution in [0.3, 0.4) is 0 Å². The predicted octanol–water partition coefficient (Wildman–Crippen LogP) is 1.15. The molecule has 0 aliphatic rings. The van der Waals surface area contributed by atoms with Crippen molar-refractivity contribution in [3.05, 3.63) is 24.3 Å². The van der Waals surface area contributed by atoms with Crippen LogP contribution in [0.15, 0.2) is 18.6 Å². The van der Waals surface area contributed by atoms with E-state index in [2.05, 4.69) is 20.7 Å². The van der Waals surface area contributed by atoms with Crippen LogP contribution in [0.5, 0.6) is 0 Å². The summed E-state index contributed by atoms with van der Waals surface area (Å²) in [6, 6.07) is -0.993. The van der Waals surface area contributed by atoms with E-state index in [0.29, 0.717) is 0 Å². The van der Waals surface area contributed by atoms with Crippen molar-refractivity contribution >= 4 is 23.8 Å². The topological polar surface area (TPSA) is 157 Å². The van der Waals surface area contributed by atoms with Gasteiger partial charge >= 0.3 is 6.09 Å². The van der Waals surface area contributed by atoms with E-state index >= 15 is 0 Å². The lowest BCUT2D eigenvalue weighted by molar-refractivity contribution is -0.129. The number of hydrogen-bond donors (Lipinski definition) is 3. The highest BCUT2D eigenvalue weighted by Gasteiger charge is 2.31. The van der Waals surface area contributed by atoms with Gasteiger partial charge in [-0.05, 0) is 32.6 Å². The molecule has 11 heteroatoms. The first-order valence-corrected chi connectivity index (χ1v) is 9.84. The quantitative estimate of drug-likeness (QED) is 0.541. The third kappa shape index (κ3) is 10.4. The largest absolute Gasteiger partial charge is 0.442 e. The highest BCUT2D eigenvalue weighted by atomic mass is 16.6. The molecular weight excluding hydrogens is 404 g/mol. The van der Waals surface area contributed by atoms with Crippen molar-refractivity contribution in [3.8, 4) is 0 Å². The first-order chi connectivity index (χ1) is 14.2. The summed E-state index contributed by atoms with van der Waals surface area (Å²) in [5.74, 6) is -1.88. The normalized spacial score (nSPS) is 12.5. The molecule has 1 atom stereocenters. The van der Waals surface area contributed by atoms with Gasteiger partial charge in [0, 0.05) is 18.8 Å². The lowest BCUT2D eigenvalue weighted by Crippen LogP contribution is -2.56. The van der Waals surface area contributed by atoms with Gasteiger partial charge in [0.1, 0.15) is 17.3 Å². The molecular formula is C20H32N6O5. The van der Waals surface area contributed by atoms with Gasteiger partial charge in [0.25, 0.3) is 11.8 Å². The van der Waals surface area contributed by atoms with E-state index in [0.717, 1.165) is 5.01 Å². The zero-order valence-corrected chi connectivity index (χ0v) is 18.9. The minimum atomic E-state index is -0.993. The first-order valence-electron chi connectivity index (χ1n) is 9.84. The van der Waals surface area contributed by atoms with Crippen LogP contribution in [0.4, 0.5) is 4.79 Å². The standard InChI is InChI=1S/C20H32N6O5/c1-19(2,3)11-13(24-16(28)14-12-22-8-9-23-14)17(29)25-26(10-7-15(21)27)18(30)31-20(4,5)6/h8-9,12-13H,7,10-11H2,1-6H3,(H2,21,27)(H,24,28)(H,25,29)/t13-/m0/s1. The van der Waals surface area contributed by atoms with E-state index in [-0.39, 0.29) is 30.5 Å². The van der Waals surface area contributed by atoms with Crippen LogP contribution in [0, 0.1) is 5.41 Å². The summed E-state index contributed by atoms with van der Waals surface area (Å²) in [5.41, 5.74) is 6.50. The number of carbonyl (C=O) groups excluding carboxylic acids is 4. The van der Waals surface area contributed by atoms with E-state index < -0.39 is 35.5 Å². The second kappa shape index (κ2) is 10.7. The Hall–Kier alpha value is -3.24. The minimum absolute atomic E-state index is 0.0481. The van der Waals surface area contributed by atoms with Crippen LogP contribution >= 0.6 is 0 Å². The molecule has 172 valence electrons. The average molecular weight is 437 g/mol. The zero-order chi connectivity index (χ0) is 23.8. The molecule has 0 fully saturated rings. The summed E-state index contributed by atoms with van der Waals surface area (Å²) in [6.45, 7) is 10.5. The van der Waals surface area contributed by atoms with Gasteiger partial charge in [-0.25, -0.2) is 14.8 Å². The Morgan fingerprint density at radius 3 is 2.26 bits per heavy atom. The average Bonchev–Trinajstić information content (AvgIpc) is 2.62. The van der Waals surface area contributed by atoms with Crippen molar-refractivity contribution < 1.29 is 23.9 Å². The van der Waals surface area contributed by atoms with Crippen LogP contribution in [0.1, 0.15) is 64.9 Å². The van der Waals surface area contributed by atoms with Crippen molar-refractivity contribution in [3.63, 3.8) is 0 Å². The fraction of sp³-hybridized carbons (Fsp3) is 0.600. The van der Waals surface area contributed by atoms with Crippen LogP contribution in [-0.4, -0.2) is 57.0 Å². The Kier molecular flexibility index (Phi) is 8.89. The monoisotopic (exact) mass is 436 g/mol. The third-order valence-corrected chi connectivity index (χ3v) is 3.67. The number of nitrogens with two attached hydrogens (primary N) is 1. The fourth-order valence-corrected chi connectivity index (χ4v) is 2.41. The van der Waals surface area contributed by atoms with Gasteiger partial charge in [-0.15, -0.1) is 0 Å². The zero-order valence-electron chi connectivity index (χ0n) is 18.9. The lowest BCUT2D eigenvalue weighted by atomic mass is 9.87. The number of hydrazine groups is 1. The maximum atomic E-state index is 13.0. The molecule has 4 amide bonds. The maximum Gasteiger partial charge on any atom is 0.429 e. The molecule has 0 aliphatic carbocycles. The number of ether oxygens (including phenoxy) is 1. The van der Waals surface area contributed by atoms with Gasteiger partial charge in [0.05, 0.1) is 12.7 Å². The third-order valence-electron chi connectivity index (χ3n) is 3.67. The van der Waals surface area contributed by atoms with Gasteiger partial charge in [-0.3, -0.25) is 24.8 Å². The maximum absolute atomic E-state index is 13.0. The Morgan fingerprint density at radius 1 is 1.13 bits per heavy atom. The van der Waals surface area contributed by atoms with Crippen LogP contribution in [0.25, 0.3) is 0 Å². The molecule has 0 aliphatic heterocycles. The Morgan fingerprint density at radius 2 is 1.77 bits per heavy atom. The highest BCUT2D eigenvalue weighted by Crippen LogP contribution is 2.21. The molecule has 31 heavy (non-hydrogen) atoms. The number of primary amides is 1. The van der Waals surface area contributed by atoms with Gasteiger partial charge < -0.3 is 15.8 Å². The first kappa shape index (κ1) is 25.8. The van der Waals surface area contributed by atoms with Gasteiger partial charge in [0.2, 0.25) is 5.91 Å². The van der Waals surface area contributed by atoms with E-state index in [1.807, 2.05) is 20.8 Å². The highest BCUT2D eigenvalue weighted by molar-refractivity contribution is 5.96. The van der Waals surface area contributed by atoms with Gasteiger partial charge in [0.15, 0.2) is 0 Å². The van der Waals surface area contributed by atoms with E-state index in [9.17, 15) is 19.2 Å². The smallest absolute Gasteiger partial charge is 0.429 e. The number of rotatable bonds is 7. The summed E-state index contributed by atoms with van der Waals surface area (Å²) in [6.07, 6.45) is 3.30. The van der Waals surface area contributed by atoms with Gasteiger partial charge in [-0.2, -0.15) is 0 Å². The fourth-order valence-electron chi connectivity index (χ4n) is 2.41. The molecule has 0 bridgehead atoms. The summed E-state index contributed by atoms with van der Waals surface area (Å²) >= 11 is 0. The van der Waals surface area contributed by atoms with Crippen molar-refractivity contribution in [2.24, 2.45) is 11.1 Å². The van der Waals surface area contributed by atoms with E-state index in [1.54, 1.807) is 20.8 Å². The molecule has 0 saturated carbocycles. The molecule has 0 saturated heterocycles. The SMILES string of the molecule is CC(C)(C)C[C@H](NC(=O)c1cnccn1)C(=O)NN(CCC(N)=O)C(=O)OC(C)(C)C. The molecule has 0 radical (unpaired) electrons. The number of aromatic nitrogens is 2. The molecule has 1 aromatic rings. The molecule has 11 nitrogen and oxygen atoms in total. The molecule has 1 heterocycles. The second-order valence-corrected chi connectivity index (χ2v) is 9.21. The summed E-state index contributed by atoms with van der Waals surface area (Å²) in [7, 11) is 0. The molecule has 1 rings (SSSR count). The van der Waals surface area contributed by atoms with Crippen molar-refractivity contribution in [1.29, 1.82) is 0 Å². The van der Waals surface area contributed by atoms with Crippen LogP contribution in [0.2, 0.25) is 0 Å². The molecule has 1 aromatic heterocycles. The number of nitrogens with one attached hydrogen (secondary N) is 2. The van der Waals surface area contributed by atoms with E-state index in [4.69, 9.17) is 10.5 Å². The number of hydrogen-bond acceptors (Lipinski definition) is 7.